The Bertz CT molecular complexity index is 339. The van der Waals surface area contributed by atoms with Gasteiger partial charge in [0.1, 0.15) is 12.6 Å². The number of carboxylic acids is 1. The van der Waals surface area contributed by atoms with Crippen LogP contribution in [0.4, 0.5) is 4.79 Å². The lowest BCUT2D eigenvalue weighted by Gasteiger charge is -2.29. The summed E-state index contributed by atoms with van der Waals surface area (Å²) in [6.07, 6.45) is 3.60. The zero-order valence-electron chi connectivity index (χ0n) is 10.4. The molecule has 0 bridgehead atoms. The van der Waals surface area contributed by atoms with Crippen molar-refractivity contribution in [3.63, 3.8) is 0 Å². The number of urea groups is 1. The van der Waals surface area contributed by atoms with Crippen LogP contribution in [0.5, 0.6) is 0 Å². The Hall–Kier alpha value is -1.79. The standard InChI is InChI=1S/C11H19N3O4/c1-7(13-11(12)18)10(17)14(6-9(15)16)8-4-2-3-5-8/h7-8H,2-6H2,1H3,(H,15,16)(H3,12,13,18). The number of carbonyl (C=O) groups is 3. The van der Waals surface area contributed by atoms with Crippen molar-refractivity contribution in [2.45, 2.75) is 44.7 Å². The third-order valence-corrected chi connectivity index (χ3v) is 3.08. The second kappa shape index (κ2) is 6.23. The lowest BCUT2D eigenvalue weighted by molar-refractivity contribution is -0.146. The highest BCUT2D eigenvalue weighted by molar-refractivity contribution is 5.88. The maximum absolute atomic E-state index is 12.1. The highest BCUT2D eigenvalue weighted by atomic mass is 16.4. The van der Waals surface area contributed by atoms with Crippen molar-refractivity contribution in [3.8, 4) is 0 Å². The minimum atomic E-state index is -1.05. The van der Waals surface area contributed by atoms with Crippen molar-refractivity contribution in [1.29, 1.82) is 0 Å². The number of hydrogen-bond donors (Lipinski definition) is 3. The van der Waals surface area contributed by atoms with Crippen LogP contribution in [-0.2, 0) is 9.59 Å². The Balaban J connectivity index is 2.71. The van der Waals surface area contributed by atoms with E-state index in [0.717, 1.165) is 25.7 Å². The molecule has 1 aliphatic carbocycles. The van der Waals surface area contributed by atoms with E-state index in [0.29, 0.717) is 0 Å². The third kappa shape index (κ3) is 3.90. The summed E-state index contributed by atoms with van der Waals surface area (Å²) >= 11 is 0. The predicted octanol–water partition coefficient (Wildman–Crippen LogP) is -0.101. The van der Waals surface area contributed by atoms with Crippen LogP contribution in [0.3, 0.4) is 0 Å². The van der Waals surface area contributed by atoms with Crippen LogP contribution in [-0.4, -0.2) is 46.5 Å². The van der Waals surface area contributed by atoms with E-state index >= 15 is 0 Å². The van der Waals surface area contributed by atoms with Crippen LogP contribution in [0.2, 0.25) is 0 Å². The van der Waals surface area contributed by atoms with Gasteiger partial charge in [0.05, 0.1) is 0 Å². The van der Waals surface area contributed by atoms with Gasteiger partial charge in [-0.25, -0.2) is 4.79 Å². The summed E-state index contributed by atoms with van der Waals surface area (Å²) in [4.78, 5) is 34.9. The van der Waals surface area contributed by atoms with Gasteiger partial charge in [-0.15, -0.1) is 0 Å². The molecule has 0 radical (unpaired) electrons. The van der Waals surface area contributed by atoms with Gasteiger partial charge in [0.2, 0.25) is 5.91 Å². The normalized spacial score (nSPS) is 17.2. The van der Waals surface area contributed by atoms with Gasteiger partial charge in [-0.1, -0.05) is 12.8 Å². The Labute approximate surface area is 105 Å². The number of nitrogens with two attached hydrogens (primary N) is 1. The number of carbonyl (C=O) groups excluding carboxylic acids is 2. The minimum Gasteiger partial charge on any atom is -0.480 e. The van der Waals surface area contributed by atoms with Crippen molar-refractivity contribution in [2.75, 3.05) is 6.54 Å². The molecule has 0 aromatic heterocycles. The first-order valence-electron chi connectivity index (χ1n) is 6.00. The molecule has 0 spiro atoms. The minimum absolute atomic E-state index is 0.0503. The monoisotopic (exact) mass is 257 g/mol. The van der Waals surface area contributed by atoms with E-state index < -0.39 is 23.9 Å². The highest BCUT2D eigenvalue weighted by Gasteiger charge is 2.31. The van der Waals surface area contributed by atoms with E-state index in [1.165, 1.54) is 11.8 Å². The van der Waals surface area contributed by atoms with Gasteiger partial charge in [0.25, 0.3) is 0 Å². The molecule has 1 unspecified atom stereocenters. The highest BCUT2D eigenvalue weighted by Crippen LogP contribution is 2.23. The summed E-state index contributed by atoms with van der Waals surface area (Å²) < 4.78 is 0. The fourth-order valence-electron chi connectivity index (χ4n) is 2.27. The molecule has 18 heavy (non-hydrogen) atoms. The molecule has 102 valence electrons. The molecule has 0 aliphatic heterocycles. The lowest BCUT2D eigenvalue weighted by Crippen LogP contribution is -2.52. The molecule has 0 heterocycles. The molecule has 0 aromatic carbocycles. The molecule has 1 atom stereocenters. The number of nitrogens with zero attached hydrogens (tertiary/aromatic N) is 1. The van der Waals surface area contributed by atoms with Gasteiger partial charge in [-0.3, -0.25) is 9.59 Å². The van der Waals surface area contributed by atoms with Crippen LogP contribution < -0.4 is 11.1 Å². The fourth-order valence-corrected chi connectivity index (χ4v) is 2.27. The number of hydrogen-bond acceptors (Lipinski definition) is 3. The topological polar surface area (TPSA) is 113 Å². The summed E-state index contributed by atoms with van der Waals surface area (Å²) in [5.41, 5.74) is 4.95. The first-order chi connectivity index (χ1) is 8.41. The molecule has 7 heteroatoms. The molecule has 7 nitrogen and oxygen atoms in total. The summed E-state index contributed by atoms with van der Waals surface area (Å²) in [6.45, 7) is 1.16. The zero-order valence-corrected chi connectivity index (χ0v) is 10.4. The Morgan fingerprint density at radius 1 is 1.39 bits per heavy atom. The third-order valence-electron chi connectivity index (χ3n) is 3.08. The van der Waals surface area contributed by atoms with E-state index in [-0.39, 0.29) is 12.6 Å². The number of aliphatic carboxylic acids is 1. The van der Waals surface area contributed by atoms with Gasteiger partial charge in [0, 0.05) is 6.04 Å². The van der Waals surface area contributed by atoms with E-state index in [4.69, 9.17) is 10.8 Å². The van der Waals surface area contributed by atoms with E-state index in [9.17, 15) is 14.4 Å². The molecule has 0 saturated heterocycles. The number of amides is 3. The van der Waals surface area contributed by atoms with E-state index in [1.54, 1.807) is 0 Å². The second-order valence-corrected chi connectivity index (χ2v) is 4.53. The summed E-state index contributed by atoms with van der Waals surface area (Å²) in [5.74, 6) is -1.45. The molecule has 3 amide bonds. The van der Waals surface area contributed by atoms with Crippen molar-refractivity contribution < 1.29 is 19.5 Å². The first-order valence-corrected chi connectivity index (χ1v) is 6.00. The van der Waals surface area contributed by atoms with Gasteiger partial charge in [-0.05, 0) is 19.8 Å². The molecule has 4 N–H and O–H groups in total. The number of rotatable bonds is 5. The smallest absolute Gasteiger partial charge is 0.323 e. The molecule has 1 aliphatic rings. The Morgan fingerprint density at radius 2 is 1.94 bits per heavy atom. The predicted molar refractivity (Wildman–Crippen MR) is 63.8 cm³/mol. The Morgan fingerprint density at radius 3 is 2.39 bits per heavy atom. The van der Waals surface area contributed by atoms with Crippen molar-refractivity contribution in [3.05, 3.63) is 0 Å². The molecular formula is C11H19N3O4. The number of primary amides is 1. The summed E-state index contributed by atoms with van der Waals surface area (Å²) in [5, 5.41) is 11.1. The maximum atomic E-state index is 12.1. The van der Waals surface area contributed by atoms with Gasteiger partial charge < -0.3 is 21.1 Å². The molecule has 1 saturated carbocycles. The molecule has 0 aromatic rings. The summed E-state index contributed by atoms with van der Waals surface area (Å²) in [7, 11) is 0. The van der Waals surface area contributed by atoms with Gasteiger partial charge in [0.15, 0.2) is 0 Å². The summed E-state index contributed by atoms with van der Waals surface area (Å²) in [6, 6.07) is -1.65. The van der Waals surface area contributed by atoms with E-state index in [1.807, 2.05) is 0 Å². The van der Waals surface area contributed by atoms with Crippen LogP contribution in [0.25, 0.3) is 0 Å². The van der Waals surface area contributed by atoms with Crippen LogP contribution >= 0.6 is 0 Å². The number of carboxylic acid groups (broad SMARTS) is 1. The average Bonchev–Trinajstić information content (AvgIpc) is 2.76. The largest absolute Gasteiger partial charge is 0.480 e. The van der Waals surface area contributed by atoms with Crippen LogP contribution in [0.15, 0.2) is 0 Å². The number of nitrogens with one attached hydrogen (secondary N) is 1. The van der Waals surface area contributed by atoms with Crippen molar-refractivity contribution in [1.82, 2.24) is 10.2 Å². The second-order valence-electron chi connectivity index (χ2n) is 4.53. The van der Waals surface area contributed by atoms with E-state index in [2.05, 4.69) is 5.32 Å². The average molecular weight is 257 g/mol. The van der Waals surface area contributed by atoms with Crippen LogP contribution in [0.1, 0.15) is 32.6 Å². The first kappa shape index (κ1) is 14.3. The van der Waals surface area contributed by atoms with Crippen molar-refractivity contribution in [2.24, 2.45) is 5.73 Å². The molecule has 1 fully saturated rings. The molecular weight excluding hydrogens is 238 g/mol. The maximum Gasteiger partial charge on any atom is 0.323 e. The lowest BCUT2D eigenvalue weighted by atomic mass is 10.1. The van der Waals surface area contributed by atoms with Crippen LogP contribution in [0, 0.1) is 0 Å². The quantitative estimate of drug-likeness (QED) is 0.638. The van der Waals surface area contributed by atoms with Gasteiger partial charge >= 0.3 is 12.0 Å². The zero-order chi connectivity index (χ0) is 13.7. The van der Waals surface area contributed by atoms with Gasteiger partial charge in [-0.2, -0.15) is 0 Å². The van der Waals surface area contributed by atoms with Crippen molar-refractivity contribution >= 4 is 17.9 Å². The molecule has 1 rings (SSSR count). The SMILES string of the molecule is CC(NC(N)=O)C(=O)N(CC(=O)O)C1CCCC1. The fraction of sp³-hybridized carbons (Fsp3) is 0.727. The Kier molecular flexibility index (Phi) is 4.94.